The van der Waals surface area contributed by atoms with Gasteiger partial charge in [-0.1, -0.05) is 6.07 Å². The van der Waals surface area contributed by atoms with Crippen molar-refractivity contribution in [2.75, 3.05) is 25.9 Å². The van der Waals surface area contributed by atoms with Crippen molar-refractivity contribution in [3.63, 3.8) is 0 Å². The number of hydrogen-bond donors (Lipinski definition) is 1. The van der Waals surface area contributed by atoms with Crippen molar-refractivity contribution in [1.82, 2.24) is 4.90 Å². The first kappa shape index (κ1) is 17.6. The molecule has 4 nitrogen and oxygen atoms in total. The van der Waals surface area contributed by atoms with Gasteiger partial charge in [-0.05, 0) is 31.2 Å². The van der Waals surface area contributed by atoms with Gasteiger partial charge in [-0.2, -0.15) is 13.2 Å². The van der Waals surface area contributed by atoms with Gasteiger partial charge in [-0.3, -0.25) is 9.00 Å². The molecule has 1 unspecified atom stereocenters. The van der Waals surface area contributed by atoms with Gasteiger partial charge in [0.05, 0.1) is 16.4 Å². The normalized spacial score (nSPS) is 13.0. The first-order valence-electron chi connectivity index (χ1n) is 6.25. The molecule has 1 aromatic carbocycles. The maximum absolute atomic E-state index is 12.6. The SMILES string of the molecule is CN(CCCN)C(=O)CS(=O)c1cccc(C(F)(F)F)c1. The van der Waals surface area contributed by atoms with E-state index >= 15 is 0 Å². The molecule has 1 atom stereocenters. The van der Waals surface area contributed by atoms with Gasteiger partial charge in [0.15, 0.2) is 0 Å². The van der Waals surface area contributed by atoms with Gasteiger partial charge in [0.1, 0.15) is 5.75 Å². The molecule has 0 saturated carbocycles. The van der Waals surface area contributed by atoms with Crippen molar-refractivity contribution in [2.45, 2.75) is 17.5 Å². The Morgan fingerprint density at radius 3 is 2.62 bits per heavy atom. The Kier molecular flexibility index (Phi) is 6.35. The summed E-state index contributed by atoms with van der Waals surface area (Å²) in [7, 11) is -0.264. The molecule has 0 saturated heterocycles. The summed E-state index contributed by atoms with van der Waals surface area (Å²) in [4.78, 5) is 13.1. The zero-order valence-electron chi connectivity index (χ0n) is 11.5. The Morgan fingerprint density at radius 2 is 2.05 bits per heavy atom. The monoisotopic (exact) mass is 322 g/mol. The summed E-state index contributed by atoms with van der Waals surface area (Å²) in [6.45, 7) is 0.851. The van der Waals surface area contributed by atoms with Crippen molar-refractivity contribution in [1.29, 1.82) is 0 Å². The van der Waals surface area contributed by atoms with Gasteiger partial charge in [0.2, 0.25) is 5.91 Å². The number of rotatable bonds is 6. The number of amides is 1. The van der Waals surface area contributed by atoms with E-state index in [0.717, 1.165) is 12.1 Å². The fourth-order valence-corrected chi connectivity index (χ4v) is 2.67. The summed E-state index contributed by atoms with van der Waals surface area (Å²) in [6, 6.07) is 4.20. The second-order valence-electron chi connectivity index (χ2n) is 4.47. The average molecular weight is 322 g/mol. The van der Waals surface area contributed by atoms with Crippen LogP contribution in [-0.2, 0) is 21.8 Å². The van der Waals surface area contributed by atoms with Crippen LogP contribution >= 0.6 is 0 Å². The number of nitrogens with two attached hydrogens (primary N) is 1. The Bertz CT molecular complexity index is 520. The van der Waals surface area contributed by atoms with Crippen molar-refractivity contribution < 1.29 is 22.2 Å². The first-order chi connectivity index (χ1) is 9.75. The molecule has 0 bridgehead atoms. The number of benzene rings is 1. The lowest BCUT2D eigenvalue weighted by atomic mass is 10.2. The minimum atomic E-state index is -4.50. The molecular weight excluding hydrogens is 305 g/mol. The predicted octanol–water partition coefficient (Wildman–Crippen LogP) is 1.62. The van der Waals surface area contributed by atoms with Gasteiger partial charge in [-0.15, -0.1) is 0 Å². The topological polar surface area (TPSA) is 63.4 Å². The summed E-state index contributed by atoms with van der Waals surface area (Å²) in [5.74, 6) is -0.734. The highest BCUT2D eigenvalue weighted by Gasteiger charge is 2.31. The predicted molar refractivity (Wildman–Crippen MR) is 74.0 cm³/mol. The molecule has 21 heavy (non-hydrogen) atoms. The van der Waals surface area contributed by atoms with Gasteiger partial charge in [0.25, 0.3) is 0 Å². The zero-order valence-corrected chi connectivity index (χ0v) is 12.3. The number of alkyl halides is 3. The third-order valence-electron chi connectivity index (χ3n) is 2.80. The number of hydrogen-bond acceptors (Lipinski definition) is 3. The maximum atomic E-state index is 12.6. The average Bonchev–Trinajstić information content (AvgIpc) is 2.43. The molecular formula is C13H17F3N2O2S. The van der Waals surface area contributed by atoms with E-state index in [0.29, 0.717) is 19.5 Å². The molecule has 0 spiro atoms. The Morgan fingerprint density at radius 1 is 1.38 bits per heavy atom. The molecule has 0 aromatic heterocycles. The molecule has 2 N–H and O–H groups in total. The number of nitrogens with zero attached hydrogens (tertiary/aromatic N) is 1. The van der Waals surface area contributed by atoms with Gasteiger partial charge < -0.3 is 10.6 Å². The number of carbonyl (C=O) groups is 1. The summed E-state index contributed by atoms with van der Waals surface area (Å²) in [5, 5.41) is 0. The fourth-order valence-electron chi connectivity index (χ4n) is 1.57. The van der Waals surface area contributed by atoms with Crippen LogP contribution in [0.15, 0.2) is 29.2 Å². The van der Waals surface area contributed by atoms with E-state index in [9.17, 15) is 22.2 Å². The van der Waals surface area contributed by atoms with E-state index in [1.807, 2.05) is 0 Å². The molecule has 0 heterocycles. The molecule has 1 amide bonds. The molecule has 0 aliphatic rings. The molecule has 0 fully saturated rings. The zero-order chi connectivity index (χ0) is 16.0. The molecule has 8 heteroatoms. The minimum absolute atomic E-state index is 0.00889. The van der Waals surface area contributed by atoms with Crippen LogP contribution in [-0.4, -0.2) is 40.9 Å². The van der Waals surface area contributed by atoms with E-state index in [1.165, 1.54) is 17.0 Å². The Hall–Kier alpha value is -1.41. The van der Waals surface area contributed by atoms with Crippen LogP contribution in [0.1, 0.15) is 12.0 Å². The Labute approximate surface area is 123 Å². The standard InChI is InChI=1S/C13H17F3N2O2S/c1-18(7-3-6-17)12(19)9-21(20)11-5-2-4-10(8-11)13(14,15)16/h2,4-5,8H,3,6-7,9,17H2,1H3. The van der Waals surface area contributed by atoms with E-state index in [4.69, 9.17) is 5.73 Å². The van der Waals surface area contributed by atoms with Gasteiger partial charge in [0, 0.05) is 18.5 Å². The lowest BCUT2D eigenvalue weighted by Crippen LogP contribution is -2.32. The molecule has 1 rings (SSSR count). The highest BCUT2D eigenvalue weighted by atomic mass is 32.2. The van der Waals surface area contributed by atoms with Crippen molar-refractivity contribution in [3.8, 4) is 0 Å². The molecule has 118 valence electrons. The number of carbonyl (C=O) groups excluding carboxylic acids is 1. The minimum Gasteiger partial charge on any atom is -0.345 e. The molecule has 0 aliphatic heterocycles. The van der Waals surface area contributed by atoms with Crippen LogP contribution in [0.2, 0.25) is 0 Å². The van der Waals surface area contributed by atoms with Crippen molar-refractivity contribution >= 4 is 16.7 Å². The van der Waals surface area contributed by atoms with Crippen LogP contribution in [0.4, 0.5) is 13.2 Å². The second kappa shape index (κ2) is 7.56. The van der Waals surface area contributed by atoms with Gasteiger partial charge >= 0.3 is 6.18 Å². The van der Waals surface area contributed by atoms with Gasteiger partial charge in [-0.25, -0.2) is 0 Å². The van der Waals surface area contributed by atoms with E-state index in [2.05, 4.69) is 0 Å². The largest absolute Gasteiger partial charge is 0.416 e. The van der Waals surface area contributed by atoms with E-state index in [-0.39, 0.29) is 16.6 Å². The van der Waals surface area contributed by atoms with Crippen molar-refractivity contribution in [2.24, 2.45) is 5.73 Å². The van der Waals surface area contributed by atoms with Crippen LogP contribution < -0.4 is 5.73 Å². The van der Waals surface area contributed by atoms with Crippen LogP contribution in [0, 0.1) is 0 Å². The fraction of sp³-hybridized carbons (Fsp3) is 0.462. The maximum Gasteiger partial charge on any atom is 0.416 e. The second-order valence-corrected chi connectivity index (χ2v) is 5.92. The lowest BCUT2D eigenvalue weighted by Gasteiger charge is -2.16. The molecule has 1 aromatic rings. The van der Waals surface area contributed by atoms with E-state index < -0.39 is 22.5 Å². The summed E-state index contributed by atoms with van der Waals surface area (Å²) >= 11 is 0. The molecule has 0 radical (unpaired) electrons. The van der Waals surface area contributed by atoms with Crippen LogP contribution in [0.25, 0.3) is 0 Å². The van der Waals surface area contributed by atoms with Crippen LogP contribution in [0.3, 0.4) is 0 Å². The lowest BCUT2D eigenvalue weighted by molar-refractivity contribution is -0.137. The summed E-state index contributed by atoms with van der Waals surface area (Å²) in [6.07, 6.45) is -3.89. The smallest absolute Gasteiger partial charge is 0.345 e. The Balaban J connectivity index is 2.74. The summed E-state index contributed by atoms with van der Waals surface area (Å²) in [5.41, 5.74) is 4.44. The van der Waals surface area contributed by atoms with Crippen molar-refractivity contribution in [3.05, 3.63) is 29.8 Å². The highest BCUT2D eigenvalue weighted by Crippen LogP contribution is 2.30. The van der Waals surface area contributed by atoms with Crippen LogP contribution in [0.5, 0.6) is 0 Å². The third kappa shape index (κ3) is 5.47. The molecule has 0 aliphatic carbocycles. The summed E-state index contributed by atoms with van der Waals surface area (Å²) < 4.78 is 49.7. The quantitative estimate of drug-likeness (QED) is 0.866. The number of halogens is 3. The highest BCUT2D eigenvalue weighted by molar-refractivity contribution is 7.85. The van der Waals surface area contributed by atoms with E-state index in [1.54, 1.807) is 7.05 Å². The first-order valence-corrected chi connectivity index (χ1v) is 7.57. The third-order valence-corrected chi connectivity index (χ3v) is 4.09.